The molecule has 2 heterocycles. The second-order valence-electron chi connectivity index (χ2n) is 9.12. The van der Waals surface area contributed by atoms with Crippen molar-refractivity contribution >= 4 is 11.9 Å². The molecule has 0 radical (unpaired) electrons. The van der Waals surface area contributed by atoms with Gasteiger partial charge in [0.1, 0.15) is 0 Å². The molecule has 1 N–H and O–H groups in total. The third-order valence-corrected chi connectivity index (χ3v) is 6.77. The summed E-state index contributed by atoms with van der Waals surface area (Å²) < 4.78 is 12.6. The second kappa shape index (κ2) is 10.5. The molecule has 0 atom stereocenters. The molecule has 8 nitrogen and oxygen atoms in total. The Kier molecular flexibility index (Phi) is 7.45. The number of hydrogen-bond donors (Lipinski definition) is 1. The Hall–Kier alpha value is -2.71. The zero-order valence-corrected chi connectivity index (χ0v) is 19.6. The summed E-state index contributed by atoms with van der Waals surface area (Å²) in [6.07, 6.45) is 5.75. The standard InChI is InChI=1S/C25H34N4O4/c1-19-16-20(2)29(27-19)22-8-6-21(7-9-22)24(31)33-17-23(30)26-18-25(10-4-3-5-11-25)28-12-14-32-15-13-28/h6-9,16H,3-5,10-15,17-18H2,1-2H3,(H,26,30). The molecular weight excluding hydrogens is 420 g/mol. The van der Waals surface area contributed by atoms with E-state index < -0.39 is 5.97 Å². The average Bonchev–Trinajstić information content (AvgIpc) is 3.20. The maximum Gasteiger partial charge on any atom is 0.338 e. The number of nitrogens with zero attached hydrogens (tertiary/aromatic N) is 3. The summed E-state index contributed by atoms with van der Waals surface area (Å²) in [7, 11) is 0. The Bertz CT molecular complexity index is 957. The molecule has 1 saturated heterocycles. The van der Waals surface area contributed by atoms with Gasteiger partial charge in [0.05, 0.1) is 30.2 Å². The highest BCUT2D eigenvalue weighted by molar-refractivity contribution is 5.91. The summed E-state index contributed by atoms with van der Waals surface area (Å²) in [6, 6.07) is 9.04. The predicted molar refractivity (Wildman–Crippen MR) is 125 cm³/mol. The van der Waals surface area contributed by atoms with Gasteiger partial charge >= 0.3 is 5.97 Å². The fourth-order valence-electron chi connectivity index (χ4n) is 5.01. The third kappa shape index (κ3) is 5.62. The van der Waals surface area contributed by atoms with Gasteiger partial charge in [-0.25, -0.2) is 9.48 Å². The van der Waals surface area contributed by atoms with Gasteiger partial charge < -0.3 is 14.8 Å². The van der Waals surface area contributed by atoms with E-state index in [9.17, 15) is 9.59 Å². The van der Waals surface area contributed by atoms with E-state index in [1.807, 2.05) is 36.7 Å². The number of carbonyl (C=O) groups excluding carboxylic acids is 2. The molecule has 178 valence electrons. The summed E-state index contributed by atoms with van der Waals surface area (Å²) >= 11 is 0. The number of hydrogen-bond acceptors (Lipinski definition) is 6. The van der Waals surface area contributed by atoms with Gasteiger partial charge in [0.15, 0.2) is 6.61 Å². The average molecular weight is 455 g/mol. The summed E-state index contributed by atoms with van der Waals surface area (Å²) in [5.74, 6) is -0.772. The third-order valence-electron chi connectivity index (χ3n) is 6.77. The van der Waals surface area contributed by atoms with Crippen molar-refractivity contribution < 1.29 is 19.1 Å². The molecule has 2 fully saturated rings. The number of carbonyl (C=O) groups is 2. The number of rotatable bonds is 7. The van der Waals surface area contributed by atoms with E-state index in [4.69, 9.17) is 9.47 Å². The van der Waals surface area contributed by atoms with Crippen molar-refractivity contribution in [2.45, 2.75) is 51.5 Å². The number of benzene rings is 1. The molecule has 0 spiro atoms. The van der Waals surface area contributed by atoms with Gasteiger partial charge in [-0.2, -0.15) is 5.10 Å². The summed E-state index contributed by atoms with van der Waals surface area (Å²) in [4.78, 5) is 27.4. The lowest BCUT2D eigenvalue weighted by atomic mass is 9.79. The van der Waals surface area contributed by atoms with Gasteiger partial charge in [-0.15, -0.1) is 0 Å². The monoisotopic (exact) mass is 454 g/mol. The van der Waals surface area contributed by atoms with E-state index >= 15 is 0 Å². The van der Waals surface area contributed by atoms with Crippen LogP contribution < -0.4 is 5.32 Å². The van der Waals surface area contributed by atoms with Crippen LogP contribution in [-0.2, 0) is 14.3 Å². The Labute approximate surface area is 195 Å². The number of amides is 1. The van der Waals surface area contributed by atoms with Crippen LogP contribution in [0.1, 0.15) is 53.8 Å². The van der Waals surface area contributed by atoms with Gasteiger partial charge in [-0.05, 0) is 57.0 Å². The van der Waals surface area contributed by atoms with Crippen molar-refractivity contribution in [2.24, 2.45) is 0 Å². The first-order chi connectivity index (χ1) is 16.0. The maximum atomic E-state index is 12.5. The first-order valence-corrected chi connectivity index (χ1v) is 11.9. The molecule has 4 rings (SSSR count). The van der Waals surface area contributed by atoms with Gasteiger partial charge in [-0.3, -0.25) is 9.69 Å². The van der Waals surface area contributed by atoms with Crippen molar-refractivity contribution in [3.63, 3.8) is 0 Å². The molecule has 2 aliphatic rings. The molecule has 1 aliphatic heterocycles. The molecule has 1 aliphatic carbocycles. The Morgan fingerprint density at radius 1 is 1.09 bits per heavy atom. The van der Waals surface area contributed by atoms with E-state index in [0.717, 1.165) is 56.2 Å². The Morgan fingerprint density at radius 3 is 2.42 bits per heavy atom. The molecule has 0 bridgehead atoms. The van der Waals surface area contributed by atoms with Crippen molar-refractivity contribution in [1.82, 2.24) is 20.0 Å². The lowest BCUT2D eigenvalue weighted by Crippen LogP contribution is -2.59. The molecule has 2 aromatic rings. The molecular formula is C25H34N4O4. The van der Waals surface area contributed by atoms with Crippen LogP contribution in [0.3, 0.4) is 0 Å². The van der Waals surface area contributed by atoms with E-state index in [-0.39, 0.29) is 18.1 Å². The number of ether oxygens (including phenoxy) is 2. The lowest BCUT2D eigenvalue weighted by molar-refractivity contribution is -0.125. The SMILES string of the molecule is Cc1cc(C)n(-c2ccc(C(=O)OCC(=O)NCC3(N4CCOCC4)CCCCC3)cc2)n1. The first-order valence-electron chi connectivity index (χ1n) is 11.9. The molecule has 8 heteroatoms. The Morgan fingerprint density at radius 2 is 1.79 bits per heavy atom. The van der Waals surface area contributed by atoms with Crippen LogP contribution in [0, 0.1) is 13.8 Å². The zero-order chi connectivity index (χ0) is 23.3. The zero-order valence-electron chi connectivity index (χ0n) is 19.6. The topological polar surface area (TPSA) is 85.7 Å². The number of esters is 1. The van der Waals surface area contributed by atoms with Crippen molar-refractivity contribution in [3.05, 3.63) is 47.3 Å². The summed E-state index contributed by atoms with van der Waals surface area (Å²) in [6.45, 7) is 7.51. The van der Waals surface area contributed by atoms with Crippen molar-refractivity contribution in [1.29, 1.82) is 0 Å². The molecule has 0 unspecified atom stereocenters. The van der Waals surface area contributed by atoms with Crippen LogP contribution in [0.5, 0.6) is 0 Å². The van der Waals surface area contributed by atoms with Crippen LogP contribution in [0.25, 0.3) is 5.69 Å². The molecule has 33 heavy (non-hydrogen) atoms. The van der Waals surface area contributed by atoms with Crippen LogP contribution in [0.15, 0.2) is 30.3 Å². The highest BCUT2D eigenvalue weighted by Gasteiger charge is 2.38. The smallest absolute Gasteiger partial charge is 0.338 e. The van der Waals surface area contributed by atoms with Crippen LogP contribution in [0.2, 0.25) is 0 Å². The molecule has 1 amide bonds. The quantitative estimate of drug-likeness (QED) is 0.648. The summed E-state index contributed by atoms with van der Waals surface area (Å²) in [5.41, 5.74) is 3.22. The normalized spacial score (nSPS) is 18.6. The maximum absolute atomic E-state index is 12.5. The number of nitrogens with one attached hydrogen (secondary N) is 1. The minimum Gasteiger partial charge on any atom is -0.452 e. The van der Waals surface area contributed by atoms with E-state index in [1.54, 1.807) is 12.1 Å². The van der Waals surface area contributed by atoms with Gasteiger partial charge in [-0.1, -0.05) is 19.3 Å². The number of aryl methyl sites for hydroxylation is 2. The number of aromatic nitrogens is 2. The van der Waals surface area contributed by atoms with E-state index in [1.165, 1.54) is 19.3 Å². The van der Waals surface area contributed by atoms with Crippen LogP contribution in [-0.4, -0.2) is 71.6 Å². The highest BCUT2D eigenvalue weighted by Crippen LogP contribution is 2.33. The van der Waals surface area contributed by atoms with Crippen molar-refractivity contribution in [2.75, 3.05) is 39.5 Å². The largest absolute Gasteiger partial charge is 0.452 e. The van der Waals surface area contributed by atoms with E-state index in [2.05, 4.69) is 15.3 Å². The van der Waals surface area contributed by atoms with Crippen LogP contribution in [0.4, 0.5) is 0 Å². The number of morpholine rings is 1. The van der Waals surface area contributed by atoms with E-state index in [0.29, 0.717) is 12.1 Å². The van der Waals surface area contributed by atoms with Crippen LogP contribution >= 0.6 is 0 Å². The molecule has 1 aromatic carbocycles. The minimum absolute atomic E-state index is 0.0134. The highest BCUT2D eigenvalue weighted by atomic mass is 16.5. The van der Waals surface area contributed by atoms with Gasteiger partial charge in [0.2, 0.25) is 0 Å². The summed E-state index contributed by atoms with van der Waals surface area (Å²) in [5, 5.41) is 7.48. The minimum atomic E-state index is -0.509. The van der Waals surface area contributed by atoms with Gasteiger partial charge in [0.25, 0.3) is 5.91 Å². The Balaban J connectivity index is 1.29. The predicted octanol–water partition coefficient (Wildman–Crippen LogP) is 2.80. The second-order valence-corrected chi connectivity index (χ2v) is 9.12. The fourth-order valence-corrected chi connectivity index (χ4v) is 5.01. The molecule has 1 saturated carbocycles. The first kappa shape index (κ1) is 23.4. The fraction of sp³-hybridized carbons (Fsp3) is 0.560. The lowest BCUT2D eigenvalue weighted by Gasteiger charge is -2.48. The molecule has 1 aromatic heterocycles. The van der Waals surface area contributed by atoms with Gasteiger partial charge in [0, 0.05) is 30.9 Å². The van der Waals surface area contributed by atoms with Crippen molar-refractivity contribution in [3.8, 4) is 5.69 Å².